The fourth-order valence-corrected chi connectivity index (χ4v) is 5.25. The quantitative estimate of drug-likeness (QED) is 0.321. The average molecular weight is 513 g/mol. The molecule has 0 saturated carbocycles. The summed E-state index contributed by atoms with van der Waals surface area (Å²) in [6.07, 6.45) is 1.52. The Labute approximate surface area is 220 Å². The lowest BCUT2D eigenvalue weighted by Gasteiger charge is -2.29. The Morgan fingerprint density at radius 1 is 0.861 bits per heavy atom. The van der Waals surface area contributed by atoms with E-state index in [1.165, 1.54) is 6.07 Å². The van der Waals surface area contributed by atoms with Crippen LogP contribution in [0.25, 0.3) is 0 Å². The Balaban J connectivity index is 1.85. The summed E-state index contributed by atoms with van der Waals surface area (Å²) in [4.78, 5) is 26.9. The zero-order valence-electron chi connectivity index (χ0n) is 19.8. The van der Waals surface area contributed by atoms with Crippen LogP contribution in [0.1, 0.15) is 49.7 Å². The van der Waals surface area contributed by atoms with E-state index < -0.39 is 17.3 Å². The molecule has 0 heterocycles. The third-order valence-electron chi connectivity index (χ3n) is 6.73. The van der Waals surface area contributed by atoms with Crippen LogP contribution in [0.2, 0.25) is 10.0 Å². The minimum atomic E-state index is -1.71. The molecule has 0 aliphatic heterocycles. The number of halogens is 2. The lowest BCUT2D eigenvalue weighted by Crippen LogP contribution is -2.32. The highest BCUT2D eigenvalue weighted by molar-refractivity contribution is 6.35. The Bertz CT molecular complexity index is 1440. The summed E-state index contributed by atoms with van der Waals surface area (Å²) in [5, 5.41) is 21.4. The fraction of sp³-hybridized carbons (Fsp3) is 0.200. The van der Waals surface area contributed by atoms with Gasteiger partial charge >= 0.3 is 0 Å². The van der Waals surface area contributed by atoms with Crippen molar-refractivity contribution >= 4 is 34.8 Å². The molecule has 2 atom stereocenters. The first-order valence-electron chi connectivity index (χ1n) is 11.4. The standard InChI is InChI=1S/C30H22Cl2N2O2/c1-18-3-7-20(8-4-18)27(35)14-22-13-25(29(36)21-9-5-19(2)6-10-21)28(30(22,16-33)17-34)24-12-11-23(31)15-26(24)32/h3-13,15,22,28H,14H2,1-2H3/t22-,28+/m1/s1. The largest absolute Gasteiger partial charge is 0.294 e. The normalized spacial score (nSPS) is 18.1. The van der Waals surface area contributed by atoms with Gasteiger partial charge in [-0.25, -0.2) is 0 Å². The molecule has 4 nitrogen and oxygen atoms in total. The van der Waals surface area contributed by atoms with Crippen molar-refractivity contribution in [1.82, 2.24) is 0 Å². The number of carbonyl (C=O) groups excluding carboxylic acids is 2. The zero-order valence-corrected chi connectivity index (χ0v) is 21.3. The van der Waals surface area contributed by atoms with Gasteiger partial charge in [0, 0.05) is 45.0 Å². The molecular weight excluding hydrogens is 491 g/mol. The van der Waals surface area contributed by atoms with Gasteiger partial charge in [0.05, 0.1) is 12.1 Å². The number of hydrogen-bond acceptors (Lipinski definition) is 4. The van der Waals surface area contributed by atoms with Crippen LogP contribution >= 0.6 is 23.2 Å². The molecule has 0 saturated heterocycles. The van der Waals surface area contributed by atoms with Crippen LogP contribution in [-0.2, 0) is 0 Å². The SMILES string of the molecule is Cc1ccc(C(=O)C[C@H]2C=C(C(=O)c3ccc(C)cc3)[C@H](c3ccc(Cl)cc3Cl)C2(C#N)C#N)cc1. The number of aryl methyl sites for hydroxylation is 2. The lowest BCUT2D eigenvalue weighted by molar-refractivity contribution is 0.0955. The summed E-state index contributed by atoms with van der Waals surface area (Å²) in [5.74, 6) is -2.30. The maximum atomic E-state index is 13.7. The van der Waals surface area contributed by atoms with E-state index in [0.29, 0.717) is 21.7 Å². The molecule has 3 aromatic carbocycles. The van der Waals surface area contributed by atoms with Crippen molar-refractivity contribution in [2.24, 2.45) is 11.3 Å². The number of rotatable bonds is 6. The van der Waals surface area contributed by atoms with E-state index in [1.54, 1.807) is 42.5 Å². The minimum Gasteiger partial charge on any atom is -0.294 e. The van der Waals surface area contributed by atoms with Crippen LogP contribution < -0.4 is 0 Å². The third-order valence-corrected chi connectivity index (χ3v) is 7.29. The molecule has 0 N–H and O–H groups in total. The number of allylic oxidation sites excluding steroid dienone is 2. The monoisotopic (exact) mass is 512 g/mol. The topological polar surface area (TPSA) is 81.7 Å². The van der Waals surface area contributed by atoms with E-state index >= 15 is 0 Å². The average Bonchev–Trinajstić information content (AvgIpc) is 3.18. The number of ketones is 2. The van der Waals surface area contributed by atoms with Gasteiger partial charge in [-0.05, 0) is 31.5 Å². The first-order valence-corrected chi connectivity index (χ1v) is 12.2. The Morgan fingerprint density at radius 2 is 1.42 bits per heavy atom. The van der Waals surface area contributed by atoms with Gasteiger partial charge in [-0.1, -0.05) is 95.0 Å². The Morgan fingerprint density at radius 3 is 1.94 bits per heavy atom. The van der Waals surface area contributed by atoms with Gasteiger partial charge in [-0.2, -0.15) is 10.5 Å². The van der Waals surface area contributed by atoms with Crippen molar-refractivity contribution < 1.29 is 9.59 Å². The van der Waals surface area contributed by atoms with Crippen molar-refractivity contribution in [1.29, 1.82) is 10.5 Å². The summed E-state index contributed by atoms with van der Waals surface area (Å²) in [5.41, 5.74) is 1.92. The van der Waals surface area contributed by atoms with Crippen LogP contribution in [0.4, 0.5) is 0 Å². The second kappa shape index (κ2) is 10.1. The van der Waals surface area contributed by atoms with Crippen LogP contribution in [-0.4, -0.2) is 11.6 Å². The molecule has 0 aromatic heterocycles. The van der Waals surface area contributed by atoms with Gasteiger partial charge < -0.3 is 0 Å². The summed E-state index contributed by atoms with van der Waals surface area (Å²) in [7, 11) is 0. The predicted molar refractivity (Wildman–Crippen MR) is 140 cm³/mol. The number of benzene rings is 3. The van der Waals surface area contributed by atoms with Gasteiger partial charge in [0.25, 0.3) is 0 Å². The van der Waals surface area contributed by atoms with E-state index in [9.17, 15) is 20.1 Å². The first-order chi connectivity index (χ1) is 17.2. The Kier molecular flexibility index (Phi) is 7.14. The van der Waals surface area contributed by atoms with E-state index in [0.717, 1.165) is 11.1 Å². The molecule has 3 aromatic rings. The summed E-state index contributed by atoms with van der Waals surface area (Å²) in [6, 6.07) is 23.3. The number of Topliss-reactive ketones (excluding diaryl/α,β-unsaturated/α-hetero) is 2. The zero-order chi connectivity index (χ0) is 26.0. The number of nitriles is 2. The van der Waals surface area contributed by atoms with Crippen molar-refractivity contribution in [3.05, 3.63) is 116 Å². The molecule has 1 aliphatic carbocycles. The highest BCUT2D eigenvalue weighted by Gasteiger charge is 2.55. The molecule has 0 spiro atoms. The van der Waals surface area contributed by atoms with Crippen LogP contribution in [0.15, 0.2) is 78.4 Å². The van der Waals surface area contributed by atoms with Crippen molar-refractivity contribution in [2.45, 2.75) is 26.2 Å². The van der Waals surface area contributed by atoms with Gasteiger partial charge in [0.15, 0.2) is 17.0 Å². The molecular formula is C30H22Cl2N2O2. The molecule has 6 heteroatoms. The molecule has 0 amide bonds. The maximum Gasteiger partial charge on any atom is 0.189 e. The van der Waals surface area contributed by atoms with Crippen molar-refractivity contribution in [3.63, 3.8) is 0 Å². The Hall–Kier alpha value is -3.70. The molecule has 0 unspecified atom stereocenters. The molecule has 4 rings (SSSR count). The van der Waals surface area contributed by atoms with Gasteiger partial charge in [-0.3, -0.25) is 9.59 Å². The van der Waals surface area contributed by atoms with Crippen LogP contribution in [0, 0.1) is 47.8 Å². The van der Waals surface area contributed by atoms with Gasteiger partial charge in [0.1, 0.15) is 0 Å². The number of carbonyl (C=O) groups is 2. The molecule has 0 fully saturated rings. The summed E-state index contributed by atoms with van der Waals surface area (Å²) < 4.78 is 0. The fourth-order valence-electron chi connectivity index (χ4n) is 4.73. The molecule has 36 heavy (non-hydrogen) atoms. The summed E-state index contributed by atoms with van der Waals surface area (Å²) >= 11 is 12.7. The number of hydrogen-bond donors (Lipinski definition) is 0. The van der Waals surface area contributed by atoms with Crippen LogP contribution in [0.5, 0.6) is 0 Å². The smallest absolute Gasteiger partial charge is 0.189 e. The number of nitrogens with zero attached hydrogens (tertiary/aromatic N) is 2. The third kappa shape index (κ3) is 4.59. The van der Waals surface area contributed by atoms with E-state index in [1.807, 2.05) is 38.1 Å². The first kappa shape index (κ1) is 25.4. The van der Waals surface area contributed by atoms with Gasteiger partial charge in [-0.15, -0.1) is 0 Å². The highest BCUT2D eigenvalue weighted by atomic mass is 35.5. The molecule has 178 valence electrons. The second-order valence-corrected chi connectivity index (χ2v) is 9.95. The van der Waals surface area contributed by atoms with E-state index in [-0.39, 0.29) is 28.6 Å². The molecule has 0 radical (unpaired) electrons. The minimum absolute atomic E-state index is 0.101. The maximum absolute atomic E-state index is 13.7. The lowest BCUT2D eigenvalue weighted by atomic mass is 9.67. The van der Waals surface area contributed by atoms with Crippen molar-refractivity contribution in [2.75, 3.05) is 0 Å². The predicted octanol–water partition coefficient (Wildman–Crippen LogP) is 7.44. The molecule has 0 bridgehead atoms. The van der Waals surface area contributed by atoms with Crippen LogP contribution in [0.3, 0.4) is 0 Å². The van der Waals surface area contributed by atoms with Gasteiger partial charge in [0.2, 0.25) is 0 Å². The highest BCUT2D eigenvalue weighted by Crippen LogP contribution is 2.55. The summed E-state index contributed by atoms with van der Waals surface area (Å²) in [6.45, 7) is 3.84. The van der Waals surface area contributed by atoms with E-state index in [2.05, 4.69) is 12.1 Å². The second-order valence-electron chi connectivity index (χ2n) is 9.11. The van der Waals surface area contributed by atoms with E-state index in [4.69, 9.17) is 23.2 Å². The van der Waals surface area contributed by atoms with Crippen molar-refractivity contribution in [3.8, 4) is 12.1 Å². The molecule has 1 aliphatic rings.